The minimum absolute atomic E-state index is 0.0262. The number of carbonyl (C=O) groups excluding carboxylic acids is 1. The van der Waals surface area contributed by atoms with Gasteiger partial charge in [-0.3, -0.25) is 4.79 Å². The van der Waals surface area contributed by atoms with Crippen molar-refractivity contribution in [3.05, 3.63) is 124 Å². The number of aryl methyl sites for hydroxylation is 1. The van der Waals surface area contributed by atoms with E-state index in [0.29, 0.717) is 45.4 Å². The van der Waals surface area contributed by atoms with Crippen LogP contribution in [-0.2, 0) is 28.9 Å². The minimum Gasteiger partial charge on any atom is -0.374 e. The number of nitrogens with one attached hydrogen (secondary N) is 1. The van der Waals surface area contributed by atoms with E-state index >= 15 is 0 Å². The fourth-order valence-corrected chi connectivity index (χ4v) is 10.4. The first-order valence-electron chi connectivity index (χ1n) is 19.1. The number of benzene rings is 2. The van der Waals surface area contributed by atoms with Crippen LogP contribution < -0.4 is 10.2 Å². The van der Waals surface area contributed by atoms with Crippen LogP contribution in [0.4, 0.5) is 5.69 Å². The van der Waals surface area contributed by atoms with Crippen molar-refractivity contribution in [2.75, 3.05) is 37.8 Å². The van der Waals surface area contributed by atoms with Gasteiger partial charge in [-0.25, -0.2) is 0 Å². The predicted molar refractivity (Wildman–Crippen MR) is 220 cm³/mol. The molecule has 0 radical (unpaired) electrons. The Labute approximate surface area is 320 Å². The molecule has 1 aliphatic carbocycles. The lowest BCUT2D eigenvalue weighted by atomic mass is 9.76. The number of hydrogen-bond donors (Lipinski definition) is 1. The maximum Gasteiger partial charge on any atom is 0.500 e. The molecular weight excluding hydrogens is 684 g/mol. The number of anilines is 1. The quantitative estimate of drug-likeness (QED) is 0.0936. The van der Waals surface area contributed by atoms with Crippen LogP contribution in [0.15, 0.2) is 107 Å². The Morgan fingerprint density at radius 1 is 1.00 bits per heavy atom. The molecule has 0 aromatic heterocycles. The fourth-order valence-electron chi connectivity index (χ4n) is 7.46. The van der Waals surface area contributed by atoms with E-state index in [1.54, 1.807) is 0 Å². The lowest BCUT2D eigenvalue weighted by Gasteiger charge is -2.28. The van der Waals surface area contributed by atoms with Crippen LogP contribution >= 0.6 is 11.6 Å². The zero-order valence-corrected chi connectivity index (χ0v) is 34.6. The molecule has 0 saturated heterocycles. The molecule has 2 aromatic rings. The van der Waals surface area contributed by atoms with Gasteiger partial charge in [0.1, 0.15) is 0 Å². The molecular formula is C44H61ClN2O4Si. The Balaban J connectivity index is 1.48. The molecule has 2 aliphatic rings. The summed E-state index contributed by atoms with van der Waals surface area (Å²) in [5, 5.41) is 3.95. The molecule has 0 saturated carbocycles. The number of halogens is 1. The monoisotopic (exact) mass is 744 g/mol. The summed E-state index contributed by atoms with van der Waals surface area (Å²) in [5.74, 6) is 0.0262. The summed E-state index contributed by atoms with van der Waals surface area (Å²) >= 11 is 7.13. The SMILES string of the molecule is C=C(/C=C/C1=C(Cl)C(=C/C=C2/N(CCC(=O)NCCC[Si](OCC)(OCC)OCC)c3ccccc3C2(C)C)/CCC1)C(C)(C)c1ccccc1C. The third kappa shape index (κ3) is 9.85. The Bertz CT molecular complexity index is 1670. The average molecular weight is 746 g/mol. The largest absolute Gasteiger partial charge is 0.500 e. The Kier molecular flexibility index (Phi) is 15.0. The molecule has 0 atom stereocenters. The van der Waals surface area contributed by atoms with Crippen LogP contribution in [0.5, 0.6) is 0 Å². The van der Waals surface area contributed by atoms with Gasteiger partial charge in [0, 0.05) is 72.6 Å². The molecule has 0 unspecified atom stereocenters. The van der Waals surface area contributed by atoms with Crippen LogP contribution in [0.2, 0.25) is 6.04 Å². The zero-order chi connectivity index (χ0) is 37.9. The minimum atomic E-state index is -2.73. The number of para-hydroxylation sites is 1. The molecule has 1 heterocycles. The first-order chi connectivity index (χ1) is 24.8. The van der Waals surface area contributed by atoms with E-state index in [1.807, 2.05) is 20.8 Å². The van der Waals surface area contributed by atoms with Gasteiger partial charge in [-0.1, -0.05) is 107 Å². The summed E-state index contributed by atoms with van der Waals surface area (Å²) in [4.78, 5) is 15.5. The van der Waals surface area contributed by atoms with E-state index in [9.17, 15) is 4.79 Å². The first kappa shape index (κ1) is 41.6. The normalized spacial score (nSPS) is 17.8. The van der Waals surface area contributed by atoms with Crippen LogP contribution in [-0.4, -0.2) is 47.6 Å². The highest BCUT2D eigenvalue weighted by Gasteiger charge is 2.41. The number of nitrogens with zero attached hydrogens (tertiary/aromatic N) is 1. The maximum atomic E-state index is 13.1. The second-order valence-electron chi connectivity index (χ2n) is 14.7. The summed E-state index contributed by atoms with van der Waals surface area (Å²) in [6.07, 6.45) is 12.7. The van der Waals surface area contributed by atoms with Gasteiger partial charge < -0.3 is 23.5 Å². The lowest BCUT2D eigenvalue weighted by Crippen LogP contribution is -2.46. The van der Waals surface area contributed by atoms with Gasteiger partial charge in [0.05, 0.1) is 0 Å². The van der Waals surface area contributed by atoms with Gasteiger partial charge in [-0.15, -0.1) is 0 Å². The molecule has 2 aromatic carbocycles. The Hall–Kier alpha value is -3.20. The molecule has 1 amide bonds. The van der Waals surface area contributed by atoms with E-state index < -0.39 is 8.80 Å². The molecule has 1 N–H and O–H groups in total. The van der Waals surface area contributed by atoms with Crippen LogP contribution in [0.25, 0.3) is 0 Å². The third-order valence-corrected chi connectivity index (χ3v) is 14.1. The lowest BCUT2D eigenvalue weighted by molar-refractivity contribution is -0.120. The fraction of sp³-hybridized carbons (Fsp3) is 0.477. The number of rotatable bonds is 18. The van der Waals surface area contributed by atoms with Crippen molar-refractivity contribution in [3.8, 4) is 0 Å². The summed E-state index contributed by atoms with van der Waals surface area (Å²) in [6, 6.07) is 17.7. The highest BCUT2D eigenvalue weighted by atomic mass is 35.5. The molecule has 282 valence electrons. The first-order valence-corrected chi connectivity index (χ1v) is 21.4. The number of carbonyl (C=O) groups is 1. The maximum absolute atomic E-state index is 13.1. The number of allylic oxidation sites excluding steroid dienone is 9. The van der Waals surface area contributed by atoms with Gasteiger partial charge in [-0.2, -0.15) is 0 Å². The topological polar surface area (TPSA) is 60.0 Å². The van der Waals surface area contributed by atoms with Crippen LogP contribution in [0, 0.1) is 6.92 Å². The van der Waals surface area contributed by atoms with Crippen LogP contribution in [0.1, 0.15) is 97.3 Å². The van der Waals surface area contributed by atoms with Gasteiger partial charge in [0.25, 0.3) is 0 Å². The second-order valence-corrected chi connectivity index (χ2v) is 17.8. The van der Waals surface area contributed by atoms with Crippen molar-refractivity contribution in [1.29, 1.82) is 0 Å². The van der Waals surface area contributed by atoms with E-state index in [4.69, 9.17) is 24.9 Å². The molecule has 8 heteroatoms. The molecule has 6 nitrogen and oxygen atoms in total. The number of amides is 1. The predicted octanol–water partition coefficient (Wildman–Crippen LogP) is 10.6. The zero-order valence-electron chi connectivity index (χ0n) is 32.9. The second kappa shape index (κ2) is 18.7. The van der Waals surface area contributed by atoms with E-state index in [-0.39, 0.29) is 16.7 Å². The molecule has 4 rings (SSSR count). The molecule has 1 aliphatic heterocycles. The summed E-state index contributed by atoms with van der Waals surface area (Å²) in [5.41, 5.74) is 9.03. The summed E-state index contributed by atoms with van der Waals surface area (Å²) < 4.78 is 17.9. The Morgan fingerprint density at radius 2 is 1.65 bits per heavy atom. The molecule has 52 heavy (non-hydrogen) atoms. The summed E-state index contributed by atoms with van der Waals surface area (Å²) in [6.45, 7) is 24.2. The molecule has 0 fully saturated rings. The van der Waals surface area contributed by atoms with E-state index in [0.717, 1.165) is 58.8 Å². The highest BCUT2D eigenvalue weighted by molar-refractivity contribution is 6.60. The van der Waals surface area contributed by atoms with Crippen LogP contribution in [0.3, 0.4) is 0 Å². The van der Waals surface area contributed by atoms with Gasteiger partial charge in [-0.05, 0) is 98.9 Å². The smallest absolute Gasteiger partial charge is 0.374 e. The van der Waals surface area contributed by atoms with Gasteiger partial charge in [0.2, 0.25) is 5.91 Å². The molecule has 0 bridgehead atoms. The van der Waals surface area contributed by atoms with Crippen molar-refractivity contribution in [3.63, 3.8) is 0 Å². The summed E-state index contributed by atoms with van der Waals surface area (Å²) in [7, 11) is -2.73. The van der Waals surface area contributed by atoms with Gasteiger partial charge >= 0.3 is 8.80 Å². The van der Waals surface area contributed by atoms with E-state index in [1.165, 1.54) is 16.7 Å². The Morgan fingerprint density at radius 3 is 2.33 bits per heavy atom. The van der Waals surface area contributed by atoms with Crippen molar-refractivity contribution in [2.24, 2.45) is 0 Å². The van der Waals surface area contributed by atoms with Crippen molar-refractivity contribution >= 4 is 32.0 Å². The standard InChI is InChI=1S/C44H61ClN2O4Si/c1-10-49-52(50-11-2,51-12-3)32-18-30-46-41(48)29-31-47-39-24-16-15-23-38(39)44(8,9)40(47)28-27-36-21-17-20-35(42(36)45)26-25-34(5)43(6,7)37-22-14-13-19-33(37)4/h13-16,19,22-28H,5,10-12,17-18,20-21,29-32H2,1-4,6-9H3,(H,46,48)/b26-25+,36-27+,40-28+. The van der Waals surface area contributed by atoms with E-state index in [2.05, 4.69) is 124 Å². The average Bonchev–Trinajstić information content (AvgIpc) is 3.33. The van der Waals surface area contributed by atoms with Gasteiger partial charge in [0.15, 0.2) is 0 Å². The third-order valence-electron chi connectivity index (χ3n) is 10.4. The highest BCUT2D eigenvalue weighted by Crippen LogP contribution is 2.48. The van der Waals surface area contributed by atoms with Crippen molar-refractivity contribution < 1.29 is 18.1 Å². The molecule has 0 spiro atoms. The van der Waals surface area contributed by atoms with Crippen molar-refractivity contribution in [2.45, 2.75) is 104 Å². The number of fused-ring (bicyclic) bond motifs is 1. The van der Waals surface area contributed by atoms with Crippen molar-refractivity contribution in [1.82, 2.24) is 5.32 Å². The number of hydrogen-bond acceptors (Lipinski definition) is 5.